The molecule has 2 aliphatic carbocycles. The maximum Gasteiger partial charge on any atom is 0.310 e. The fourth-order valence-electron chi connectivity index (χ4n) is 4.02. The van der Waals surface area contributed by atoms with Crippen LogP contribution in [0.4, 0.5) is 4.39 Å². The second-order valence-electron chi connectivity index (χ2n) is 5.93. The average molecular weight is 283 g/mol. The number of hydrogen-bond acceptors (Lipinski definition) is 1. The summed E-state index contributed by atoms with van der Waals surface area (Å²) in [6, 6.07) is 4.83. The number of rotatable bonds is 3. The monoisotopic (exact) mass is 282 g/mol. The summed E-state index contributed by atoms with van der Waals surface area (Å²) in [7, 11) is 0. The minimum absolute atomic E-state index is 0.0706. The normalized spacial score (nSPS) is 32.7. The molecule has 0 spiro atoms. The molecule has 3 unspecified atom stereocenters. The van der Waals surface area contributed by atoms with Crippen LogP contribution in [0.3, 0.4) is 0 Å². The van der Waals surface area contributed by atoms with Gasteiger partial charge in [0.2, 0.25) is 0 Å². The lowest BCUT2D eigenvalue weighted by molar-refractivity contribution is -0.152. The largest absolute Gasteiger partial charge is 0.481 e. The Hall–Kier alpha value is -1.09. The predicted octanol–water partition coefficient (Wildman–Crippen LogP) is 3.91. The first-order valence-electron chi connectivity index (χ1n) is 6.69. The van der Waals surface area contributed by atoms with Gasteiger partial charge in [-0.2, -0.15) is 0 Å². The Morgan fingerprint density at radius 1 is 1.47 bits per heavy atom. The standard InChI is InChI=1S/C15H16ClFO2/c16-12-3-1-2-10(13(12)17)8-15(14(18)19)7-9-4-5-11(15)6-9/h1-3,9,11H,4-8H2,(H,18,19). The van der Waals surface area contributed by atoms with E-state index in [0.29, 0.717) is 17.9 Å². The first kappa shape index (κ1) is 12.9. The Morgan fingerprint density at radius 3 is 2.84 bits per heavy atom. The zero-order valence-electron chi connectivity index (χ0n) is 10.5. The van der Waals surface area contributed by atoms with Crippen LogP contribution < -0.4 is 0 Å². The molecular weight excluding hydrogens is 267 g/mol. The molecule has 0 aromatic heterocycles. The number of benzene rings is 1. The molecule has 1 N–H and O–H groups in total. The van der Waals surface area contributed by atoms with Crippen molar-refractivity contribution >= 4 is 17.6 Å². The fourth-order valence-corrected chi connectivity index (χ4v) is 4.22. The number of aliphatic carboxylic acids is 1. The lowest BCUT2D eigenvalue weighted by atomic mass is 9.69. The van der Waals surface area contributed by atoms with E-state index in [4.69, 9.17) is 11.6 Å². The van der Waals surface area contributed by atoms with Crippen molar-refractivity contribution in [3.63, 3.8) is 0 Å². The van der Waals surface area contributed by atoms with Crippen molar-refractivity contribution in [3.8, 4) is 0 Å². The minimum Gasteiger partial charge on any atom is -0.481 e. The molecule has 3 atom stereocenters. The molecule has 2 aliphatic rings. The third kappa shape index (κ3) is 1.95. The van der Waals surface area contributed by atoms with Gasteiger partial charge in [-0.05, 0) is 49.1 Å². The van der Waals surface area contributed by atoms with Gasteiger partial charge >= 0.3 is 5.97 Å². The van der Waals surface area contributed by atoms with E-state index in [0.717, 1.165) is 19.3 Å². The molecule has 4 heteroatoms. The Balaban J connectivity index is 1.95. The number of carboxylic acids is 1. The molecule has 2 bridgehead atoms. The molecule has 2 fully saturated rings. The molecule has 19 heavy (non-hydrogen) atoms. The van der Waals surface area contributed by atoms with Gasteiger partial charge in [0.15, 0.2) is 0 Å². The van der Waals surface area contributed by atoms with Crippen molar-refractivity contribution in [1.29, 1.82) is 0 Å². The summed E-state index contributed by atoms with van der Waals surface area (Å²) in [6.07, 6.45) is 4.00. The van der Waals surface area contributed by atoms with Crippen LogP contribution in [0.5, 0.6) is 0 Å². The van der Waals surface area contributed by atoms with Crippen LogP contribution in [0.25, 0.3) is 0 Å². The smallest absolute Gasteiger partial charge is 0.310 e. The summed E-state index contributed by atoms with van der Waals surface area (Å²) in [5, 5.41) is 9.72. The highest BCUT2D eigenvalue weighted by Gasteiger charge is 2.55. The number of carboxylic acid groups (broad SMARTS) is 1. The second-order valence-corrected chi connectivity index (χ2v) is 6.34. The maximum atomic E-state index is 14.0. The van der Waals surface area contributed by atoms with E-state index in [1.807, 2.05) is 0 Å². The zero-order chi connectivity index (χ0) is 13.6. The van der Waals surface area contributed by atoms with E-state index in [1.54, 1.807) is 12.1 Å². The highest BCUT2D eigenvalue weighted by molar-refractivity contribution is 6.30. The molecule has 2 saturated carbocycles. The van der Waals surface area contributed by atoms with Crippen LogP contribution in [0.2, 0.25) is 5.02 Å². The van der Waals surface area contributed by atoms with Crippen LogP contribution in [0.15, 0.2) is 18.2 Å². The second kappa shape index (κ2) is 4.48. The zero-order valence-corrected chi connectivity index (χ0v) is 11.3. The van der Waals surface area contributed by atoms with Crippen LogP contribution >= 0.6 is 11.6 Å². The first-order valence-corrected chi connectivity index (χ1v) is 7.07. The Labute approximate surface area is 116 Å². The van der Waals surface area contributed by atoms with Crippen LogP contribution in [-0.4, -0.2) is 11.1 Å². The van der Waals surface area contributed by atoms with Gasteiger partial charge < -0.3 is 5.11 Å². The first-order chi connectivity index (χ1) is 9.03. The third-order valence-corrected chi connectivity index (χ3v) is 5.23. The summed E-state index contributed by atoms with van der Waals surface area (Å²) >= 11 is 5.78. The fraction of sp³-hybridized carbons (Fsp3) is 0.533. The Bertz CT molecular complexity index is 531. The SMILES string of the molecule is O=C(O)C1(Cc2cccc(Cl)c2F)CC2CCC1C2. The lowest BCUT2D eigenvalue weighted by Crippen LogP contribution is -2.38. The van der Waals surface area contributed by atoms with Crippen molar-refractivity contribution in [2.75, 3.05) is 0 Å². The van der Waals surface area contributed by atoms with Gasteiger partial charge in [0, 0.05) is 0 Å². The highest BCUT2D eigenvalue weighted by atomic mass is 35.5. The van der Waals surface area contributed by atoms with Gasteiger partial charge in [-0.1, -0.05) is 30.2 Å². The van der Waals surface area contributed by atoms with Gasteiger partial charge in [-0.3, -0.25) is 4.79 Å². The quantitative estimate of drug-likeness (QED) is 0.912. The van der Waals surface area contributed by atoms with E-state index in [1.165, 1.54) is 6.07 Å². The molecule has 3 rings (SSSR count). The number of halogens is 2. The maximum absolute atomic E-state index is 14.0. The summed E-state index contributed by atoms with van der Waals surface area (Å²) < 4.78 is 14.0. The molecule has 102 valence electrons. The van der Waals surface area contributed by atoms with Gasteiger partial charge in [-0.25, -0.2) is 4.39 Å². The van der Waals surface area contributed by atoms with E-state index < -0.39 is 17.2 Å². The molecule has 1 aromatic rings. The van der Waals surface area contributed by atoms with Crippen LogP contribution in [-0.2, 0) is 11.2 Å². The Morgan fingerprint density at radius 2 is 2.26 bits per heavy atom. The number of carbonyl (C=O) groups is 1. The molecular formula is C15H16ClFO2. The van der Waals surface area contributed by atoms with Crippen LogP contribution in [0.1, 0.15) is 31.2 Å². The Kier molecular flexibility index (Phi) is 3.05. The summed E-state index contributed by atoms with van der Waals surface area (Å²) in [4.78, 5) is 11.8. The van der Waals surface area contributed by atoms with Crippen molar-refractivity contribution in [1.82, 2.24) is 0 Å². The van der Waals surface area contributed by atoms with Gasteiger partial charge in [0.1, 0.15) is 5.82 Å². The van der Waals surface area contributed by atoms with Crippen molar-refractivity contribution in [3.05, 3.63) is 34.6 Å². The van der Waals surface area contributed by atoms with E-state index in [-0.39, 0.29) is 17.4 Å². The van der Waals surface area contributed by atoms with Crippen LogP contribution in [0, 0.1) is 23.1 Å². The molecule has 0 heterocycles. The molecule has 0 radical (unpaired) electrons. The van der Waals surface area contributed by atoms with Gasteiger partial charge in [-0.15, -0.1) is 0 Å². The molecule has 0 aliphatic heterocycles. The molecule has 0 amide bonds. The summed E-state index contributed by atoms with van der Waals surface area (Å²) in [5.74, 6) is -0.552. The molecule has 2 nitrogen and oxygen atoms in total. The molecule has 0 saturated heterocycles. The van der Waals surface area contributed by atoms with E-state index >= 15 is 0 Å². The van der Waals surface area contributed by atoms with Gasteiger partial charge in [0.25, 0.3) is 0 Å². The van der Waals surface area contributed by atoms with E-state index in [2.05, 4.69) is 0 Å². The predicted molar refractivity (Wildman–Crippen MR) is 70.6 cm³/mol. The summed E-state index contributed by atoms with van der Waals surface area (Å²) in [5.41, 5.74) is -0.350. The van der Waals surface area contributed by atoms with Crippen molar-refractivity contribution < 1.29 is 14.3 Å². The third-order valence-electron chi connectivity index (χ3n) is 4.94. The van der Waals surface area contributed by atoms with E-state index in [9.17, 15) is 14.3 Å². The number of hydrogen-bond donors (Lipinski definition) is 1. The number of fused-ring (bicyclic) bond motifs is 2. The van der Waals surface area contributed by atoms with Crippen molar-refractivity contribution in [2.24, 2.45) is 17.3 Å². The highest BCUT2D eigenvalue weighted by Crippen LogP contribution is 2.57. The topological polar surface area (TPSA) is 37.3 Å². The van der Waals surface area contributed by atoms with Crippen molar-refractivity contribution in [2.45, 2.75) is 32.1 Å². The average Bonchev–Trinajstić information content (AvgIpc) is 2.96. The minimum atomic E-state index is -0.783. The summed E-state index contributed by atoms with van der Waals surface area (Å²) in [6.45, 7) is 0. The lowest BCUT2D eigenvalue weighted by Gasteiger charge is -2.33. The molecule has 1 aromatic carbocycles. The van der Waals surface area contributed by atoms with Gasteiger partial charge in [0.05, 0.1) is 10.4 Å².